The first-order chi connectivity index (χ1) is 11.3. The van der Waals surface area contributed by atoms with Gasteiger partial charge in [0.2, 0.25) is 0 Å². The van der Waals surface area contributed by atoms with E-state index in [1.807, 2.05) is 0 Å². The molecule has 24 heavy (non-hydrogen) atoms. The minimum absolute atomic E-state index is 0.376. The fraction of sp³-hybridized carbons (Fsp3) is 0.235. The quantitative estimate of drug-likeness (QED) is 0.850. The number of carboxylic acid groups (broad SMARTS) is 1. The summed E-state index contributed by atoms with van der Waals surface area (Å²) in [7, 11) is 0. The summed E-state index contributed by atoms with van der Waals surface area (Å²) in [6.45, 7) is 0.376. The molecule has 7 heteroatoms. The summed E-state index contributed by atoms with van der Waals surface area (Å²) in [5, 5.41) is 11.3. The summed E-state index contributed by atoms with van der Waals surface area (Å²) in [6, 6.07) is 9.56. The molecule has 1 heterocycles. The molecule has 0 spiro atoms. The van der Waals surface area contributed by atoms with Crippen molar-refractivity contribution in [3.05, 3.63) is 53.6 Å². The zero-order chi connectivity index (χ0) is 17.3. The summed E-state index contributed by atoms with van der Waals surface area (Å²) in [5.41, 5.74) is 0.877. The maximum Gasteiger partial charge on any atom is 0.416 e. The van der Waals surface area contributed by atoms with Gasteiger partial charge >= 0.3 is 12.3 Å². The third-order valence-corrected chi connectivity index (χ3v) is 3.87. The zero-order valence-corrected chi connectivity index (χ0v) is 12.4. The molecule has 1 atom stereocenters. The SMILES string of the molecule is O=C(O)NC1CCOc2ccc(-c3cccc(C(F)(F)F)c3)cc21. The number of halogens is 3. The summed E-state index contributed by atoms with van der Waals surface area (Å²) in [5.74, 6) is 0.538. The van der Waals surface area contributed by atoms with Crippen molar-refractivity contribution in [3.8, 4) is 16.9 Å². The highest BCUT2D eigenvalue weighted by Crippen LogP contribution is 2.37. The molecule has 1 amide bonds. The minimum Gasteiger partial charge on any atom is -0.493 e. The predicted octanol–water partition coefficient (Wildman–Crippen LogP) is 4.46. The molecule has 2 N–H and O–H groups in total. The monoisotopic (exact) mass is 337 g/mol. The van der Waals surface area contributed by atoms with Crippen molar-refractivity contribution in [2.45, 2.75) is 18.6 Å². The third-order valence-electron chi connectivity index (χ3n) is 3.87. The second kappa shape index (κ2) is 6.07. The van der Waals surface area contributed by atoms with E-state index in [9.17, 15) is 18.0 Å². The number of alkyl halides is 3. The molecule has 0 saturated carbocycles. The first-order valence-corrected chi connectivity index (χ1v) is 7.28. The van der Waals surface area contributed by atoms with Crippen LogP contribution < -0.4 is 10.1 Å². The van der Waals surface area contributed by atoms with Crippen LogP contribution in [0.1, 0.15) is 23.6 Å². The second-order valence-corrected chi connectivity index (χ2v) is 5.47. The van der Waals surface area contributed by atoms with E-state index in [0.717, 1.165) is 12.1 Å². The van der Waals surface area contributed by atoms with E-state index in [2.05, 4.69) is 5.32 Å². The highest BCUT2D eigenvalue weighted by atomic mass is 19.4. The summed E-state index contributed by atoms with van der Waals surface area (Å²) >= 11 is 0. The molecule has 0 aliphatic carbocycles. The van der Waals surface area contributed by atoms with Gasteiger partial charge in [-0.2, -0.15) is 13.2 Å². The van der Waals surface area contributed by atoms with Crippen LogP contribution in [-0.4, -0.2) is 17.8 Å². The lowest BCUT2D eigenvalue weighted by Gasteiger charge is -2.26. The van der Waals surface area contributed by atoms with E-state index in [-0.39, 0.29) is 0 Å². The number of nitrogens with one attached hydrogen (secondary N) is 1. The lowest BCUT2D eigenvalue weighted by Crippen LogP contribution is -2.30. The molecule has 0 fully saturated rings. The second-order valence-electron chi connectivity index (χ2n) is 5.47. The molecule has 0 bridgehead atoms. The van der Waals surface area contributed by atoms with Gasteiger partial charge in [-0.15, -0.1) is 0 Å². The Labute approximate surface area is 135 Å². The molecule has 2 aromatic carbocycles. The number of amides is 1. The number of hydrogen-bond acceptors (Lipinski definition) is 2. The number of fused-ring (bicyclic) bond motifs is 1. The molecule has 0 saturated heterocycles. The molecule has 0 radical (unpaired) electrons. The van der Waals surface area contributed by atoms with Crippen molar-refractivity contribution in [2.75, 3.05) is 6.61 Å². The number of benzene rings is 2. The van der Waals surface area contributed by atoms with Crippen LogP contribution in [0, 0.1) is 0 Å². The molecule has 2 aromatic rings. The fourth-order valence-corrected chi connectivity index (χ4v) is 2.75. The first kappa shape index (κ1) is 16.2. The topological polar surface area (TPSA) is 58.6 Å². The van der Waals surface area contributed by atoms with Crippen LogP contribution in [0.4, 0.5) is 18.0 Å². The van der Waals surface area contributed by atoms with E-state index < -0.39 is 23.9 Å². The Balaban J connectivity index is 2.00. The minimum atomic E-state index is -4.42. The molecule has 3 rings (SSSR count). The van der Waals surface area contributed by atoms with Crippen molar-refractivity contribution in [1.82, 2.24) is 5.32 Å². The molecule has 1 aliphatic rings. The molecule has 1 aliphatic heterocycles. The Kier molecular flexibility index (Phi) is 4.09. The van der Waals surface area contributed by atoms with Crippen LogP contribution in [0.15, 0.2) is 42.5 Å². The van der Waals surface area contributed by atoms with E-state index in [1.165, 1.54) is 6.07 Å². The fourth-order valence-electron chi connectivity index (χ4n) is 2.75. The van der Waals surface area contributed by atoms with Crippen molar-refractivity contribution in [3.63, 3.8) is 0 Å². The molecule has 1 unspecified atom stereocenters. The van der Waals surface area contributed by atoms with Gasteiger partial charge in [-0.05, 0) is 35.4 Å². The summed E-state index contributed by atoms with van der Waals surface area (Å²) < 4.78 is 44.1. The number of ether oxygens (including phenoxy) is 1. The molecule has 4 nitrogen and oxygen atoms in total. The average Bonchev–Trinajstić information content (AvgIpc) is 2.54. The van der Waals surface area contributed by atoms with Gasteiger partial charge in [0.05, 0.1) is 18.2 Å². The average molecular weight is 337 g/mol. The Bertz CT molecular complexity index is 774. The van der Waals surface area contributed by atoms with Crippen LogP contribution in [0.2, 0.25) is 0 Å². The van der Waals surface area contributed by atoms with Crippen LogP contribution in [0.25, 0.3) is 11.1 Å². The number of carbonyl (C=O) groups is 1. The summed E-state index contributed by atoms with van der Waals surface area (Å²) in [6.07, 6.45) is -5.11. The summed E-state index contributed by atoms with van der Waals surface area (Å²) in [4.78, 5) is 10.9. The highest BCUT2D eigenvalue weighted by molar-refractivity contribution is 5.69. The maximum atomic E-state index is 12.9. The smallest absolute Gasteiger partial charge is 0.416 e. The standard InChI is InChI=1S/C17H14F3NO3/c18-17(19,20)12-3-1-2-10(8-12)11-4-5-15-13(9-11)14(6-7-24-15)21-16(22)23/h1-5,8-9,14,21H,6-7H2,(H,22,23). The van der Waals surface area contributed by atoms with E-state index in [4.69, 9.17) is 9.84 Å². The Hall–Kier alpha value is -2.70. The normalized spacial score (nSPS) is 16.9. The maximum absolute atomic E-state index is 12.9. The van der Waals surface area contributed by atoms with Crippen LogP contribution in [0.3, 0.4) is 0 Å². The lowest BCUT2D eigenvalue weighted by atomic mass is 9.95. The van der Waals surface area contributed by atoms with Gasteiger partial charge < -0.3 is 15.2 Å². The van der Waals surface area contributed by atoms with E-state index in [1.54, 1.807) is 24.3 Å². The Morgan fingerprint density at radius 1 is 1.17 bits per heavy atom. The van der Waals surface area contributed by atoms with Crippen LogP contribution in [-0.2, 0) is 6.18 Å². The van der Waals surface area contributed by atoms with Gasteiger partial charge in [-0.1, -0.05) is 18.2 Å². The first-order valence-electron chi connectivity index (χ1n) is 7.28. The Morgan fingerprint density at radius 2 is 1.92 bits per heavy atom. The Morgan fingerprint density at radius 3 is 2.62 bits per heavy atom. The van der Waals surface area contributed by atoms with Gasteiger partial charge in [0.1, 0.15) is 5.75 Å². The van der Waals surface area contributed by atoms with Gasteiger partial charge in [-0.3, -0.25) is 0 Å². The number of hydrogen-bond donors (Lipinski definition) is 2. The van der Waals surface area contributed by atoms with Crippen molar-refractivity contribution >= 4 is 6.09 Å². The largest absolute Gasteiger partial charge is 0.493 e. The molecule has 126 valence electrons. The van der Waals surface area contributed by atoms with E-state index >= 15 is 0 Å². The van der Waals surface area contributed by atoms with Crippen LogP contribution >= 0.6 is 0 Å². The van der Waals surface area contributed by atoms with Crippen molar-refractivity contribution < 1.29 is 27.8 Å². The van der Waals surface area contributed by atoms with Crippen molar-refractivity contribution in [2.24, 2.45) is 0 Å². The van der Waals surface area contributed by atoms with Crippen molar-refractivity contribution in [1.29, 1.82) is 0 Å². The predicted molar refractivity (Wildman–Crippen MR) is 80.9 cm³/mol. The van der Waals surface area contributed by atoms with Crippen LogP contribution in [0.5, 0.6) is 5.75 Å². The zero-order valence-electron chi connectivity index (χ0n) is 12.4. The van der Waals surface area contributed by atoms with Gasteiger partial charge in [0, 0.05) is 12.0 Å². The van der Waals surface area contributed by atoms with Gasteiger partial charge in [0.25, 0.3) is 0 Å². The lowest BCUT2D eigenvalue weighted by molar-refractivity contribution is -0.137. The van der Waals surface area contributed by atoms with Gasteiger partial charge in [0.15, 0.2) is 0 Å². The molecular weight excluding hydrogens is 323 g/mol. The molecule has 0 aromatic heterocycles. The third kappa shape index (κ3) is 3.29. The van der Waals surface area contributed by atoms with Gasteiger partial charge in [-0.25, -0.2) is 4.79 Å². The van der Waals surface area contributed by atoms with E-state index in [0.29, 0.717) is 35.5 Å². The molecular formula is C17H14F3NO3. The highest BCUT2D eigenvalue weighted by Gasteiger charge is 2.30. The number of rotatable bonds is 2.